The minimum Gasteiger partial charge on any atom is -0.356 e. The Labute approximate surface area is 159 Å². The molecule has 0 spiro atoms. The van der Waals surface area contributed by atoms with Gasteiger partial charge in [-0.3, -0.25) is 4.79 Å². The van der Waals surface area contributed by atoms with E-state index in [-0.39, 0.29) is 11.9 Å². The van der Waals surface area contributed by atoms with Gasteiger partial charge in [0.05, 0.1) is 5.02 Å². The van der Waals surface area contributed by atoms with Crippen molar-refractivity contribution in [2.75, 3.05) is 18.0 Å². The monoisotopic (exact) mass is 420 g/mol. The molecule has 1 unspecified atom stereocenters. The highest BCUT2D eigenvalue weighted by atomic mass is 79.9. The zero-order chi connectivity index (χ0) is 17.4. The predicted octanol–water partition coefficient (Wildman–Crippen LogP) is 3.54. The van der Waals surface area contributed by atoms with Crippen LogP contribution in [-0.2, 0) is 0 Å². The fourth-order valence-electron chi connectivity index (χ4n) is 3.97. The maximum Gasteiger partial charge on any atom is 0.271 e. The zero-order valence-corrected chi connectivity index (χ0v) is 15.9. The normalized spacial score (nSPS) is 25.0. The second-order valence-electron chi connectivity index (χ2n) is 6.74. The van der Waals surface area contributed by atoms with Gasteiger partial charge < -0.3 is 10.2 Å². The summed E-state index contributed by atoms with van der Waals surface area (Å²) in [4.78, 5) is 23.3. The van der Waals surface area contributed by atoms with Crippen molar-refractivity contribution in [1.82, 2.24) is 15.3 Å². The molecule has 7 heteroatoms. The quantitative estimate of drug-likeness (QED) is 0.823. The fourth-order valence-corrected chi connectivity index (χ4v) is 4.41. The molecule has 2 aromatic rings. The van der Waals surface area contributed by atoms with Gasteiger partial charge in [0.1, 0.15) is 11.5 Å². The topological polar surface area (TPSA) is 58.1 Å². The Hall–Kier alpha value is -1.66. The van der Waals surface area contributed by atoms with Crippen LogP contribution in [0.25, 0.3) is 0 Å². The summed E-state index contributed by atoms with van der Waals surface area (Å²) in [7, 11) is 0. The van der Waals surface area contributed by atoms with Crippen molar-refractivity contribution >= 4 is 39.3 Å². The van der Waals surface area contributed by atoms with Crippen LogP contribution in [0.3, 0.4) is 0 Å². The molecule has 0 bridgehead atoms. The van der Waals surface area contributed by atoms with Crippen LogP contribution in [0, 0.1) is 11.8 Å². The predicted molar refractivity (Wildman–Crippen MR) is 101 cm³/mol. The molecule has 1 aliphatic heterocycles. The summed E-state index contributed by atoms with van der Waals surface area (Å²) in [6, 6.07) is 7.68. The van der Waals surface area contributed by atoms with Gasteiger partial charge in [-0.2, -0.15) is 0 Å². The third kappa shape index (κ3) is 3.51. The first-order chi connectivity index (χ1) is 12.1. The van der Waals surface area contributed by atoms with E-state index >= 15 is 0 Å². The highest BCUT2D eigenvalue weighted by Crippen LogP contribution is 2.39. The van der Waals surface area contributed by atoms with E-state index in [0.717, 1.165) is 36.2 Å². The van der Waals surface area contributed by atoms with Crippen molar-refractivity contribution in [3.8, 4) is 0 Å². The first-order valence-corrected chi connectivity index (χ1v) is 9.55. The van der Waals surface area contributed by atoms with E-state index in [1.54, 1.807) is 18.3 Å². The van der Waals surface area contributed by atoms with Crippen LogP contribution in [0.15, 0.2) is 41.1 Å². The molecule has 0 aromatic carbocycles. The Morgan fingerprint density at radius 1 is 1.20 bits per heavy atom. The first-order valence-electron chi connectivity index (χ1n) is 8.38. The fraction of sp³-hybridized carbons (Fsp3) is 0.389. The molecule has 1 amide bonds. The molecular weight excluding hydrogens is 404 g/mol. The maximum atomic E-state index is 12.4. The lowest BCUT2D eigenvalue weighted by atomic mass is 10.0. The Morgan fingerprint density at radius 3 is 2.60 bits per heavy atom. The number of halogens is 2. The Morgan fingerprint density at radius 2 is 1.96 bits per heavy atom. The average Bonchev–Trinajstić information content (AvgIpc) is 3.14. The summed E-state index contributed by atoms with van der Waals surface area (Å²) >= 11 is 9.48. The summed E-state index contributed by atoms with van der Waals surface area (Å²) in [5, 5.41) is 3.49. The van der Waals surface area contributed by atoms with E-state index in [1.807, 2.05) is 18.3 Å². The second kappa shape index (κ2) is 6.92. The van der Waals surface area contributed by atoms with Crippen LogP contribution in [0.5, 0.6) is 0 Å². The molecule has 1 saturated carbocycles. The number of carbonyl (C=O) groups is 1. The number of nitrogens with one attached hydrogen (secondary N) is 1. The van der Waals surface area contributed by atoms with Crippen molar-refractivity contribution in [1.29, 1.82) is 0 Å². The lowest BCUT2D eigenvalue weighted by Crippen LogP contribution is -2.35. The minimum absolute atomic E-state index is 0.179. The molecule has 2 aromatic heterocycles. The number of carbonyl (C=O) groups excluding carboxylic acids is 1. The van der Waals surface area contributed by atoms with Gasteiger partial charge in [-0.05, 0) is 64.9 Å². The molecule has 5 nitrogen and oxygen atoms in total. The second-order valence-corrected chi connectivity index (χ2v) is 8.06. The minimum atomic E-state index is -0.179. The lowest BCUT2D eigenvalue weighted by molar-refractivity contribution is 0.0931. The van der Waals surface area contributed by atoms with Gasteiger partial charge in [0, 0.05) is 36.0 Å². The summed E-state index contributed by atoms with van der Waals surface area (Å²) in [6.45, 7) is 1.99. The molecule has 130 valence electrons. The molecule has 3 heterocycles. The number of hydrogen-bond donors (Lipinski definition) is 1. The van der Waals surface area contributed by atoms with Crippen LogP contribution in [0.4, 0.5) is 5.82 Å². The number of nitrogens with zero attached hydrogens (tertiary/aromatic N) is 3. The Kier molecular flexibility index (Phi) is 4.65. The van der Waals surface area contributed by atoms with Crippen molar-refractivity contribution in [3.63, 3.8) is 0 Å². The molecule has 2 aliphatic rings. The largest absolute Gasteiger partial charge is 0.356 e. The van der Waals surface area contributed by atoms with Gasteiger partial charge in [0.25, 0.3) is 5.91 Å². The molecule has 4 rings (SSSR count). The summed E-state index contributed by atoms with van der Waals surface area (Å²) in [6.07, 6.45) is 5.41. The molecular formula is C18H18BrClN4O. The van der Waals surface area contributed by atoms with Crippen LogP contribution >= 0.6 is 27.5 Å². The molecule has 1 saturated heterocycles. The van der Waals surface area contributed by atoms with Gasteiger partial charge in [-0.15, -0.1) is 0 Å². The number of hydrogen-bond acceptors (Lipinski definition) is 4. The van der Waals surface area contributed by atoms with Crippen LogP contribution in [-0.4, -0.2) is 35.0 Å². The van der Waals surface area contributed by atoms with E-state index in [2.05, 4.69) is 36.1 Å². The Balaban J connectivity index is 1.36. The first kappa shape index (κ1) is 16.8. The number of fused-ring (bicyclic) bond motifs is 1. The molecule has 2 fully saturated rings. The van der Waals surface area contributed by atoms with Crippen molar-refractivity contribution < 1.29 is 4.79 Å². The number of amides is 1. The highest BCUT2D eigenvalue weighted by Gasteiger charge is 2.41. The molecule has 25 heavy (non-hydrogen) atoms. The summed E-state index contributed by atoms with van der Waals surface area (Å²) in [5.41, 5.74) is 0.307. The van der Waals surface area contributed by atoms with E-state index in [0.29, 0.717) is 22.6 Å². The van der Waals surface area contributed by atoms with Crippen LogP contribution < -0.4 is 10.2 Å². The molecule has 1 N–H and O–H groups in total. The standard InChI is InChI=1S/C18H18BrClN4O/c19-13-3-4-16(22-8-13)24-9-11-6-14(7-12(11)10-24)23-18(25)17-15(20)2-1-5-21-17/h1-5,8,11-12,14H,6-7,9-10H2,(H,23,25)/t11-,12+,14?. The zero-order valence-electron chi connectivity index (χ0n) is 13.5. The van der Waals surface area contributed by atoms with Gasteiger partial charge in [-0.25, -0.2) is 9.97 Å². The van der Waals surface area contributed by atoms with Gasteiger partial charge in [0.15, 0.2) is 0 Å². The third-order valence-electron chi connectivity index (χ3n) is 5.10. The van der Waals surface area contributed by atoms with E-state index in [9.17, 15) is 4.79 Å². The summed E-state index contributed by atoms with van der Waals surface area (Å²) in [5.74, 6) is 2.03. The smallest absolute Gasteiger partial charge is 0.271 e. The lowest BCUT2D eigenvalue weighted by Gasteiger charge is -2.20. The van der Waals surface area contributed by atoms with Crippen molar-refractivity contribution in [2.24, 2.45) is 11.8 Å². The van der Waals surface area contributed by atoms with E-state index in [4.69, 9.17) is 11.6 Å². The molecule has 1 aliphatic carbocycles. The van der Waals surface area contributed by atoms with E-state index in [1.165, 1.54) is 0 Å². The maximum absolute atomic E-state index is 12.4. The van der Waals surface area contributed by atoms with Gasteiger partial charge in [0.2, 0.25) is 0 Å². The number of rotatable bonds is 3. The van der Waals surface area contributed by atoms with Crippen LogP contribution in [0.1, 0.15) is 23.3 Å². The summed E-state index contributed by atoms with van der Waals surface area (Å²) < 4.78 is 0.992. The van der Waals surface area contributed by atoms with Crippen molar-refractivity contribution in [3.05, 3.63) is 51.8 Å². The molecule has 0 radical (unpaired) electrons. The number of aromatic nitrogens is 2. The average molecular weight is 422 g/mol. The molecule has 3 atom stereocenters. The van der Waals surface area contributed by atoms with Gasteiger partial charge in [-0.1, -0.05) is 11.6 Å². The van der Waals surface area contributed by atoms with Crippen LogP contribution in [0.2, 0.25) is 5.02 Å². The highest BCUT2D eigenvalue weighted by molar-refractivity contribution is 9.10. The third-order valence-corrected chi connectivity index (χ3v) is 5.87. The SMILES string of the molecule is O=C(NC1C[C@@H]2CN(c3ccc(Br)cn3)C[C@@H]2C1)c1ncccc1Cl. The number of anilines is 1. The van der Waals surface area contributed by atoms with Gasteiger partial charge >= 0.3 is 0 Å². The van der Waals surface area contributed by atoms with Crippen molar-refractivity contribution in [2.45, 2.75) is 18.9 Å². The Bertz CT molecular complexity index is 771. The van der Waals surface area contributed by atoms with E-state index < -0.39 is 0 Å². The number of pyridine rings is 2.